The quantitative estimate of drug-likeness (QED) is 0.639. The third kappa shape index (κ3) is 2.75. The van der Waals surface area contributed by atoms with Crippen LogP contribution in [0.2, 0.25) is 0 Å². The average molecular weight is 241 g/mol. The number of benzene rings is 1. The minimum atomic E-state index is -0.0103. The van der Waals surface area contributed by atoms with Gasteiger partial charge in [0, 0.05) is 12.4 Å². The Morgan fingerprint density at radius 3 is 2.72 bits per heavy atom. The zero-order valence-electron chi connectivity index (χ0n) is 10.9. The largest absolute Gasteiger partial charge is 0.271 e. The van der Waals surface area contributed by atoms with Gasteiger partial charge >= 0.3 is 0 Å². The van der Waals surface area contributed by atoms with E-state index in [0.29, 0.717) is 0 Å². The van der Waals surface area contributed by atoms with Gasteiger partial charge in [-0.1, -0.05) is 37.3 Å². The summed E-state index contributed by atoms with van der Waals surface area (Å²) in [5.74, 6) is 5.70. The van der Waals surface area contributed by atoms with E-state index in [1.807, 2.05) is 19.3 Å². The Balaban J connectivity index is 2.38. The summed E-state index contributed by atoms with van der Waals surface area (Å²) in [7, 11) is 0. The van der Waals surface area contributed by atoms with Crippen molar-refractivity contribution in [3.63, 3.8) is 0 Å². The molecule has 2 aromatic rings. The van der Waals surface area contributed by atoms with Crippen LogP contribution in [0.1, 0.15) is 35.2 Å². The number of aryl methyl sites for hydroxylation is 2. The van der Waals surface area contributed by atoms with Crippen LogP contribution >= 0.6 is 0 Å². The van der Waals surface area contributed by atoms with Crippen molar-refractivity contribution in [2.75, 3.05) is 0 Å². The molecule has 0 saturated carbocycles. The highest BCUT2D eigenvalue weighted by molar-refractivity contribution is 5.34. The van der Waals surface area contributed by atoms with E-state index >= 15 is 0 Å². The molecule has 1 aromatic carbocycles. The summed E-state index contributed by atoms with van der Waals surface area (Å²) in [6.07, 6.45) is 4.73. The first-order chi connectivity index (χ1) is 8.74. The topological polar surface area (TPSA) is 50.9 Å². The predicted molar refractivity (Wildman–Crippen MR) is 74.0 cm³/mol. The van der Waals surface area contributed by atoms with Crippen LogP contribution in [0.25, 0.3) is 0 Å². The van der Waals surface area contributed by atoms with Gasteiger partial charge in [-0.05, 0) is 35.6 Å². The predicted octanol–water partition coefficient (Wildman–Crippen LogP) is 2.51. The van der Waals surface area contributed by atoms with Crippen LogP contribution in [-0.2, 0) is 6.42 Å². The van der Waals surface area contributed by atoms with Gasteiger partial charge in [-0.3, -0.25) is 10.8 Å². The fourth-order valence-corrected chi connectivity index (χ4v) is 2.11. The first kappa shape index (κ1) is 12.7. The zero-order chi connectivity index (χ0) is 13.0. The van der Waals surface area contributed by atoms with Gasteiger partial charge < -0.3 is 0 Å². The summed E-state index contributed by atoms with van der Waals surface area (Å²) >= 11 is 0. The van der Waals surface area contributed by atoms with Crippen LogP contribution in [0, 0.1) is 6.92 Å². The monoisotopic (exact) mass is 241 g/mol. The Bertz CT molecular complexity index is 523. The molecule has 18 heavy (non-hydrogen) atoms. The molecule has 0 amide bonds. The Morgan fingerprint density at radius 1 is 1.22 bits per heavy atom. The van der Waals surface area contributed by atoms with Gasteiger partial charge in [-0.15, -0.1) is 0 Å². The van der Waals surface area contributed by atoms with E-state index in [1.165, 1.54) is 11.1 Å². The molecule has 1 atom stereocenters. The molecule has 2 rings (SSSR count). The van der Waals surface area contributed by atoms with E-state index in [9.17, 15) is 0 Å². The van der Waals surface area contributed by atoms with E-state index in [0.717, 1.165) is 17.5 Å². The third-order valence-electron chi connectivity index (χ3n) is 3.09. The van der Waals surface area contributed by atoms with Crippen molar-refractivity contribution in [1.29, 1.82) is 0 Å². The summed E-state index contributed by atoms with van der Waals surface area (Å²) in [6.45, 7) is 4.19. The van der Waals surface area contributed by atoms with E-state index < -0.39 is 0 Å². The van der Waals surface area contributed by atoms with Crippen molar-refractivity contribution in [3.8, 4) is 0 Å². The SMILES string of the molecule is CCc1cccc(C(NN)c2cncc(C)c2)c1. The lowest BCUT2D eigenvalue weighted by Crippen LogP contribution is -2.29. The molecule has 1 unspecified atom stereocenters. The van der Waals surface area contributed by atoms with Gasteiger partial charge in [0.1, 0.15) is 0 Å². The number of hydrazine groups is 1. The van der Waals surface area contributed by atoms with Crippen molar-refractivity contribution in [2.24, 2.45) is 5.84 Å². The maximum Gasteiger partial charge on any atom is 0.0725 e. The lowest BCUT2D eigenvalue weighted by molar-refractivity contribution is 0.633. The van der Waals surface area contributed by atoms with Gasteiger partial charge in [-0.2, -0.15) is 0 Å². The molecular formula is C15H19N3. The van der Waals surface area contributed by atoms with Gasteiger partial charge in [0.15, 0.2) is 0 Å². The molecule has 0 spiro atoms. The van der Waals surface area contributed by atoms with Gasteiger partial charge in [0.05, 0.1) is 6.04 Å². The number of nitrogens with one attached hydrogen (secondary N) is 1. The summed E-state index contributed by atoms with van der Waals surface area (Å²) < 4.78 is 0. The number of pyridine rings is 1. The van der Waals surface area contributed by atoms with Gasteiger partial charge in [0.2, 0.25) is 0 Å². The molecule has 0 aliphatic carbocycles. The summed E-state index contributed by atoms with van der Waals surface area (Å²) in [6, 6.07) is 10.6. The smallest absolute Gasteiger partial charge is 0.0725 e. The highest BCUT2D eigenvalue weighted by Gasteiger charge is 2.12. The Morgan fingerprint density at radius 2 is 2.06 bits per heavy atom. The van der Waals surface area contributed by atoms with E-state index in [2.05, 4.69) is 47.7 Å². The number of hydrogen-bond donors (Lipinski definition) is 2. The van der Waals surface area contributed by atoms with Crippen LogP contribution in [0.3, 0.4) is 0 Å². The number of rotatable bonds is 4. The number of nitrogens with zero attached hydrogens (tertiary/aromatic N) is 1. The second-order valence-electron chi connectivity index (χ2n) is 4.49. The van der Waals surface area contributed by atoms with Crippen molar-refractivity contribution >= 4 is 0 Å². The van der Waals surface area contributed by atoms with Gasteiger partial charge in [0.25, 0.3) is 0 Å². The van der Waals surface area contributed by atoms with Gasteiger partial charge in [-0.25, -0.2) is 5.43 Å². The highest BCUT2D eigenvalue weighted by atomic mass is 15.2. The number of nitrogens with two attached hydrogens (primary N) is 1. The molecule has 3 nitrogen and oxygen atoms in total. The fraction of sp³-hybridized carbons (Fsp3) is 0.267. The molecule has 3 N–H and O–H groups in total. The van der Waals surface area contributed by atoms with Crippen molar-refractivity contribution in [3.05, 3.63) is 65.0 Å². The highest BCUT2D eigenvalue weighted by Crippen LogP contribution is 2.22. The summed E-state index contributed by atoms with van der Waals surface area (Å²) in [4.78, 5) is 4.23. The van der Waals surface area contributed by atoms with Crippen LogP contribution in [0.15, 0.2) is 42.7 Å². The first-order valence-corrected chi connectivity index (χ1v) is 6.21. The second kappa shape index (κ2) is 5.76. The molecule has 0 fully saturated rings. The van der Waals surface area contributed by atoms with Crippen molar-refractivity contribution in [2.45, 2.75) is 26.3 Å². The Labute approximate surface area is 108 Å². The number of hydrogen-bond acceptors (Lipinski definition) is 3. The minimum Gasteiger partial charge on any atom is -0.271 e. The minimum absolute atomic E-state index is 0.0103. The third-order valence-corrected chi connectivity index (χ3v) is 3.09. The molecule has 0 aliphatic rings. The molecule has 94 valence electrons. The molecule has 0 radical (unpaired) electrons. The van der Waals surface area contributed by atoms with Crippen LogP contribution in [0.5, 0.6) is 0 Å². The van der Waals surface area contributed by atoms with E-state index in [4.69, 9.17) is 5.84 Å². The molecule has 1 aromatic heterocycles. The number of aromatic nitrogens is 1. The molecule has 0 aliphatic heterocycles. The molecule has 0 saturated heterocycles. The van der Waals surface area contributed by atoms with Crippen molar-refractivity contribution < 1.29 is 0 Å². The normalized spacial score (nSPS) is 12.4. The average Bonchev–Trinajstić information content (AvgIpc) is 2.40. The van der Waals surface area contributed by atoms with E-state index in [-0.39, 0.29) is 6.04 Å². The Kier molecular flexibility index (Phi) is 4.07. The maximum absolute atomic E-state index is 5.70. The zero-order valence-corrected chi connectivity index (χ0v) is 10.9. The van der Waals surface area contributed by atoms with Crippen molar-refractivity contribution in [1.82, 2.24) is 10.4 Å². The maximum atomic E-state index is 5.70. The molecule has 0 bridgehead atoms. The first-order valence-electron chi connectivity index (χ1n) is 6.21. The Hall–Kier alpha value is -1.71. The lowest BCUT2D eigenvalue weighted by atomic mass is 9.97. The molecule has 3 heteroatoms. The lowest BCUT2D eigenvalue weighted by Gasteiger charge is -2.17. The summed E-state index contributed by atoms with van der Waals surface area (Å²) in [5, 5.41) is 0. The van der Waals surface area contributed by atoms with Crippen LogP contribution < -0.4 is 11.3 Å². The summed E-state index contributed by atoms with van der Waals surface area (Å²) in [5.41, 5.74) is 7.58. The standard InChI is InChI=1S/C15H19N3/c1-3-12-5-4-6-13(8-12)15(18-16)14-7-11(2)9-17-10-14/h4-10,15,18H,3,16H2,1-2H3. The van der Waals surface area contributed by atoms with E-state index in [1.54, 1.807) is 0 Å². The van der Waals surface area contributed by atoms with Crippen LogP contribution in [0.4, 0.5) is 0 Å². The molecule has 1 heterocycles. The second-order valence-corrected chi connectivity index (χ2v) is 4.49. The van der Waals surface area contributed by atoms with Crippen LogP contribution in [-0.4, -0.2) is 4.98 Å². The fourth-order valence-electron chi connectivity index (χ4n) is 2.11. The molecular weight excluding hydrogens is 222 g/mol.